The maximum Gasteiger partial charge on any atom is 0.220 e. The third-order valence-electron chi connectivity index (χ3n) is 3.18. The highest BCUT2D eigenvalue weighted by Gasteiger charge is 2.14. The number of methoxy groups -OCH3 is 1. The Balaban J connectivity index is 2.39. The Morgan fingerprint density at radius 1 is 1.32 bits per heavy atom. The van der Waals surface area contributed by atoms with Crippen molar-refractivity contribution in [1.82, 2.24) is 10.2 Å². The first-order chi connectivity index (χ1) is 9.04. The molecule has 0 aromatic heterocycles. The highest BCUT2D eigenvalue weighted by atomic mass is 16.5. The summed E-state index contributed by atoms with van der Waals surface area (Å²) < 4.78 is 5.26. The van der Waals surface area contributed by atoms with E-state index in [1.54, 1.807) is 7.11 Å². The molecule has 0 saturated heterocycles. The Kier molecular flexibility index (Phi) is 6.53. The lowest BCUT2D eigenvalue weighted by atomic mass is 9.98. The van der Waals surface area contributed by atoms with Crippen LogP contribution < -0.4 is 5.32 Å². The normalized spacial score (nSPS) is 14.2. The second kappa shape index (κ2) is 7.92. The van der Waals surface area contributed by atoms with E-state index in [4.69, 9.17) is 4.74 Å². The number of ether oxygens (including phenoxy) is 1. The number of amides is 1. The molecule has 19 heavy (non-hydrogen) atoms. The van der Waals surface area contributed by atoms with Crippen LogP contribution in [-0.2, 0) is 9.53 Å². The number of nitrogens with one attached hydrogen (secondary N) is 1. The van der Waals surface area contributed by atoms with E-state index in [0.29, 0.717) is 13.0 Å². The molecular formula is C15H24N2O2. The lowest BCUT2D eigenvalue weighted by Gasteiger charge is -2.23. The topological polar surface area (TPSA) is 41.6 Å². The molecule has 0 fully saturated rings. The largest absolute Gasteiger partial charge is 0.365 e. The molecule has 1 aromatic rings. The minimum atomic E-state index is -0.0871. The smallest absolute Gasteiger partial charge is 0.220 e. The van der Waals surface area contributed by atoms with Crippen molar-refractivity contribution < 1.29 is 9.53 Å². The van der Waals surface area contributed by atoms with Gasteiger partial charge in [-0.15, -0.1) is 0 Å². The highest BCUT2D eigenvalue weighted by Crippen LogP contribution is 2.17. The molecule has 0 aliphatic carbocycles. The van der Waals surface area contributed by atoms with Crippen LogP contribution in [0.1, 0.15) is 24.8 Å². The highest BCUT2D eigenvalue weighted by molar-refractivity contribution is 5.76. The summed E-state index contributed by atoms with van der Waals surface area (Å²) in [5.74, 6) is 0.279. The van der Waals surface area contributed by atoms with E-state index >= 15 is 0 Å². The van der Waals surface area contributed by atoms with Gasteiger partial charge < -0.3 is 10.1 Å². The Morgan fingerprint density at radius 3 is 2.47 bits per heavy atom. The Labute approximate surface area is 115 Å². The Hall–Kier alpha value is -1.39. The van der Waals surface area contributed by atoms with Crippen LogP contribution in [0.2, 0.25) is 0 Å². The lowest BCUT2D eigenvalue weighted by molar-refractivity contribution is -0.122. The van der Waals surface area contributed by atoms with E-state index in [1.807, 2.05) is 37.2 Å². The van der Waals surface area contributed by atoms with Crippen LogP contribution >= 0.6 is 0 Å². The number of hydrogen-bond donors (Lipinski definition) is 1. The molecule has 0 aliphatic heterocycles. The summed E-state index contributed by atoms with van der Waals surface area (Å²) in [6.07, 6.45) is 0.407. The van der Waals surface area contributed by atoms with Crippen molar-refractivity contribution >= 4 is 5.91 Å². The molecule has 0 radical (unpaired) electrons. The van der Waals surface area contributed by atoms with Gasteiger partial charge in [-0.1, -0.05) is 37.3 Å². The van der Waals surface area contributed by atoms with E-state index in [-0.39, 0.29) is 18.1 Å². The van der Waals surface area contributed by atoms with Crippen LogP contribution in [0, 0.1) is 0 Å². The molecule has 0 heterocycles. The Morgan fingerprint density at radius 2 is 1.95 bits per heavy atom. The average Bonchev–Trinajstić information content (AvgIpc) is 2.40. The average molecular weight is 264 g/mol. The van der Waals surface area contributed by atoms with Crippen LogP contribution in [0.4, 0.5) is 0 Å². The first kappa shape index (κ1) is 15.7. The van der Waals surface area contributed by atoms with Gasteiger partial charge in [0, 0.05) is 13.5 Å². The predicted octanol–water partition coefficient (Wildman–Crippen LogP) is 1.83. The van der Waals surface area contributed by atoms with E-state index < -0.39 is 0 Å². The maximum absolute atomic E-state index is 11.9. The molecule has 4 nitrogen and oxygen atoms in total. The van der Waals surface area contributed by atoms with Gasteiger partial charge in [0.05, 0.1) is 6.54 Å². The van der Waals surface area contributed by atoms with Gasteiger partial charge >= 0.3 is 0 Å². The molecule has 0 spiro atoms. The van der Waals surface area contributed by atoms with E-state index in [2.05, 4.69) is 24.4 Å². The van der Waals surface area contributed by atoms with Gasteiger partial charge in [0.1, 0.15) is 6.23 Å². The number of benzene rings is 1. The zero-order valence-electron chi connectivity index (χ0n) is 12.2. The molecule has 0 bridgehead atoms. The minimum Gasteiger partial charge on any atom is -0.365 e. The van der Waals surface area contributed by atoms with Crippen molar-refractivity contribution in [3.8, 4) is 0 Å². The molecule has 0 saturated carbocycles. The van der Waals surface area contributed by atoms with Crippen LogP contribution in [0.15, 0.2) is 30.3 Å². The zero-order valence-corrected chi connectivity index (χ0v) is 12.2. The number of rotatable bonds is 7. The fourth-order valence-corrected chi connectivity index (χ4v) is 1.93. The molecule has 1 aromatic carbocycles. The number of carbonyl (C=O) groups is 1. The van der Waals surface area contributed by atoms with Gasteiger partial charge in [-0.3, -0.25) is 9.69 Å². The van der Waals surface area contributed by atoms with Crippen molar-refractivity contribution in [2.75, 3.05) is 27.7 Å². The zero-order chi connectivity index (χ0) is 14.3. The molecule has 1 unspecified atom stereocenters. The first-order valence-electron chi connectivity index (χ1n) is 6.55. The number of carbonyl (C=O) groups excluding carboxylic acids is 1. The first-order valence-corrected chi connectivity index (χ1v) is 6.55. The van der Waals surface area contributed by atoms with Gasteiger partial charge in [-0.2, -0.15) is 0 Å². The van der Waals surface area contributed by atoms with Gasteiger partial charge in [-0.25, -0.2) is 0 Å². The molecule has 0 aliphatic rings. The van der Waals surface area contributed by atoms with Gasteiger partial charge in [0.15, 0.2) is 0 Å². The van der Waals surface area contributed by atoms with Gasteiger partial charge in [0.25, 0.3) is 0 Å². The van der Waals surface area contributed by atoms with Crippen molar-refractivity contribution in [2.45, 2.75) is 25.5 Å². The monoisotopic (exact) mass is 264 g/mol. The summed E-state index contributed by atoms with van der Waals surface area (Å²) in [7, 11) is 5.49. The second-order valence-corrected chi connectivity index (χ2v) is 4.97. The number of nitrogens with zero attached hydrogens (tertiary/aromatic N) is 1. The molecule has 2 atom stereocenters. The summed E-state index contributed by atoms with van der Waals surface area (Å²) in [6, 6.07) is 10.1. The van der Waals surface area contributed by atoms with Crippen LogP contribution in [-0.4, -0.2) is 44.8 Å². The van der Waals surface area contributed by atoms with Crippen molar-refractivity contribution in [2.24, 2.45) is 0 Å². The van der Waals surface area contributed by atoms with Crippen LogP contribution in [0.5, 0.6) is 0 Å². The van der Waals surface area contributed by atoms with Crippen molar-refractivity contribution in [1.29, 1.82) is 0 Å². The predicted molar refractivity (Wildman–Crippen MR) is 77.0 cm³/mol. The fraction of sp³-hybridized carbons (Fsp3) is 0.533. The van der Waals surface area contributed by atoms with Crippen molar-refractivity contribution in [3.63, 3.8) is 0 Å². The standard InChI is InChI=1S/C15H24N2O2/c1-12(13-8-6-5-7-9-13)10-14(18)16-11-15(19-4)17(2)3/h5-9,12,15H,10-11H2,1-4H3,(H,16,18)/t12-,15?/m1/s1. The molecule has 106 valence electrons. The third kappa shape index (κ3) is 5.41. The minimum absolute atomic E-state index is 0.0558. The SMILES string of the molecule is COC(CNC(=O)C[C@@H](C)c1ccccc1)N(C)C. The summed E-state index contributed by atoms with van der Waals surface area (Å²) in [6.45, 7) is 2.57. The molecule has 4 heteroatoms. The van der Waals surface area contributed by atoms with Gasteiger partial charge in [-0.05, 0) is 25.6 Å². The Bertz CT molecular complexity index is 379. The van der Waals surface area contributed by atoms with Crippen LogP contribution in [0.3, 0.4) is 0 Å². The van der Waals surface area contributed by atoms with Gasteiger partial charge in [0.2, 0.25) is 5.91 Å². The quantitative estimate of drug-likeness (QED) is 0.764. The molecular weight excluding hydrogens is 240 g/mol. The summed E-state index contributed by atoms with van der Waals surface area (Å²) in [4.78, 5) is 13.8. The second-order valence-electron chi connectivity index (χ2n) is 4.97. The summed E-state index contributed by atoms with van der Waals surface area (Å²) in [5.41, 5.74) is 1.19. The summed E-state index contributed by atoms with van der Waals surface area (Å²) >= 11 is 0. The molecule has 1 rings (SSSR count). The van der Waals surface area contributed by atoms with E-state index in [9.17, 15) is 4.79 Å². The van der Waals surface area contributed by atoms with Crippen LogP contribution in [0.25, 0.3) is 0 Å². The number of hydrogen-bond acceptors (Lipinski definition) is 3. The van der Waals surface area contributed by atoms with Crippen molar-refractivity contribution in [3.05, 3.63) is 35.9 Å². The lowest BCUT2D eigenvalue weighted by Crippen LogP contribution is -2.41. The van der Waals surface area contributed by atoms with E-state index in [1.165, 1.54) is 5.56 Å². The summed E-state index contributed by atoms with van der Waals surface area (Å²) in [5, 5.41) is 2.91. The van der Waals surface area contributed by atoms with E-state index in [0.717, 1.165) is 0 Å². The third-order valence-corrected chi connectivity index (χ3v) is 3.18. The fourth-order valence-electron chi connectivity index (χ4n) is 1.93. The molecule has 1 N–H and O–H groups in total. The molecule has 1 amide bonds. The number of likely N-dealkylation sites (N-methyl/N-ethyl adjacent to an activating group) is 1. The maximum atomic E-state index is 11.9.